The predicted octanol–water partition coefficient (Wildman–Crippen LogP) is 3.52. The lowest BCUT2D eigenvalue weighted by Crippen LogP contribution is -2.40. The number of para-hydroxylation sites is 1. The number of carbonyl (C=O) groups excluding carboxylic acids is 1. The Balaban J connectivity index is 1.74. The molecular weight excluding hydrogens is 328 g/mol. The van der Waals surface area contributed by atoms with E-state index in [2.05, 4.69) is 10.3 Å². The Bertz CT molecular complexity index is 946. The largest absolute Gasteiger partial charge is 0.480 e. The number of pyridine rings is 1. The van der Waals surface area contributed by atoms with Crippen LogP contribution in [0.2, 0.25) is 0 Å². The van der Waals surface area contributed by atoms with Crippen LogP contribution in [0.25, 0.3) is 17.0 Å². The molecule has 1 heterocycles. The minimum absolute atomic E-state index is 0.193. The van der Waals surface area contributed by atoms with Gasteiger partial charge >= 0.3 is 5.97 Å². The van der Waals surface area contributed by atoms with E-state index in [1.165, 1.54) is 0 Å². The molecule has 130 valence electrons. The van der Waals surface area contributed by atoms with Gasteiger partial charge in [0.1, 0.15) is 6.04 Å². The number of nitrogens with zero attached hydrogens (tertiary/aromatic N) is 1. The monoisotopic (exact) mass is 346 g/mol. The molecule has 1 amide bonds. The highest BCUT2D eigenvalue weighted by Crippen LogP contribution is 2.16. The highest BCUT2D eigenvalue weighted by Gasteiger charge is 2.20. The van der Waals surface area contributed by atoms with E-state index in [1.807, 2.05) is 54.6 Å². The van der Waals surface area contributed by atoms with Gasteiger partial charge in [-0.05, 0) is 24.1 Å². The van der Waals surface area contributed by atoms with Crippen molar-refractivity contribution in [3.8, 4) is 0 Å². The van der Waals surface area contributed by atoms with Crippen LogP contribution in [0.4, 0.5) is 0 Å². The van der Waals surface area contributed by atoms with E-state index in [0.29, 0.717) is 16.5 Å². The molecule has 0 saturated heterocycles. The van der Waals surface area contributed by atoms with Crippen molar-refractivity contribution in [3.05, 3.63) is 84.1 Å². The number of carbonyl (C=O) groups is 2. The van der Waals surface area contributed by atoms with Gasteiger partial charge in [0.2, 0.25) is 0 Å². The van der Waals surface area contributed by atoms with E-state index < -0.39 is 17.9 Å². The third-order valence-electron chi connectivity index (χ3n) is 3.98. The van der Waals surface area contributed by atoms with Crippen LogP contribution >= 0.6 is 0 Å². The Labute approximate surface area is 151 Å². The molecule has 2 aromatic carbocycles. The van der Waals surface area contributed by atoms with Crippen LogP contribution in [0.15, 0.2) is 72.9 Å². The topological polar surface area (TPSA) is 79.3 Å². The zero-order chi connectivity index (χ0) is 18.4. The number of carboxylic acids is 1. The third-order valence-corrected chi connectivity index (χ3v) is 3.98. The molecule has 1 aromatic heterocycles. The molecule has 0 spiro atoms. The molecule has 3 rings (SSSR count). The van der Waals surface area contributed by atoms with E-state index in [9.17, 15) is 14.7 Å². The third kappa shape index (κ3) is 4.13. The van der Waals surface area contributed by atoms with E-state index in [4.69, 9.17) is 0 Å². The van der Waals surface area contributed by atoms with Crippen molar-refractivity contribution in [1.82, 2.24) is 10.3 Å². The van der Waals surface area contributed by atoms with Gasteiger partial charge in [0.05, 0.1) is 11.1 Å². The quantitative estimate of drug-likeness (QED) is 0.716. The molecule has 0 unspecified atom stereocenters. The number of aromatic nitrogens is 1. The summed E-state index contributed by atoms with van der Waals surface area (Å²) in [5, 5.41) is 12.7. The summed E-state index contributed by atoms with van der Waals surface area (Å²) in [6.07, 6.45) is 5.32. The Hall–Kier alpha value is -3.47. The fourth-order valence-corrected chi connectivity index (χ4v) is 2.66. The van der Waals surface area contributed by atoms with Crippen LogP contribution in [-0.2, 0) is 4.79 Å². The fourth-order valence-electron chi connectivity index (χ4n) is 2.66. The molecule has 0 fully saturated rings. The predicted molar refractivity (Wildman–Crippen MR) is 101 cm³/mol. The summed E-state index contributed by atoms with van der Waals surface area (Å²) >= 11 is 0. The normalized spacial score (nSPS) is 12.2. The SMILES string of the molecule is O=C(N[C@@H](C/C=C/c1ccccc1)C(=O)O)c1ccnc2ccccc12. The summed E-state index contributed by atoms with van der Waals surface area (Å²) in [6, 6.07) is 17.4. The summed E-state index contributed by atoms with van der Waals surface area (Å²) in [5.74, 6) is -1.50. The minimum atomic E-state index is -1.07. The highest BCUT2D eigenvalue weighted by atomic mass is 16.4. The number of hydrogen-bond acceptors (Lipinski definition) is 3. The van der Waals surface area contributed by atoms with Gasteiger partial charge in [-0.3, -0.25) is 9.78 Å². The van der Waals surface area contributed by atoms with E-state index in [1.54, 1.807) is 24.4 Å². The van der Waals surface area contributed by atoms with Crippen LogP contribution in [0, 0.1) is 0 Å². The Kier molecular flexibility index (Phi) is 5.39. The number of carboxylic acid groups (broad SMARTS) is 1. The zero-order valence-corrected chi connectivity index (χ0v) is 14.0. The Morgan fingerprint density at radius 3 is 2.54 bits per heavy atom. The fraction of sp³-hybridized carbons (Fsp3) is 0.0952. The molecule has 2 N–H and O–H groups in total. The molecule has 1 atom stereocenters. The van der Waals surface area contributed by atoms with E-state index in [-0.39, 0.29) is 6.42 Å². The molecule has 5 heteroatoms. The first-order chi connectivity index (χ1) is 12.6. The van der Waals surface area contributed by atoms with Crippen LogP contribution in [0.5, 0.6) is 0 Å². The number of nitrogens with one attached hydrogen (secondary N) is 1. The van der Waals surface area contributed by atoms with Crippen LogP contribution < -0.4 is 5.32 Å². The summed E-state index contributed by atoms with van der Waals surface area (Å²) in [7, 11) is 0. The maximum Gasteiger partial charge on any atom is 0.326 e. The average Bonchev–Trinajstić information content (AvgIpc) is 2.67. The van der Waals surface area contributed by atoms with Gasteiger partial charge in [0, 0.05) is 11.6 Å². The van der Waals surface area contributed by atoms with Gasteiger partial charge in [-0.1, -0.05) is 60.7 Å². The first-order valence-electron chi connectivity index (χ1n) is 8.24. The molecular formula is C21H18N2O3. The second-order valence-corrected chi connectivity index (χ2v) is 5.79. The van der Waals surface area contributed by atoms with Crippen molar-refractivity contribution in [2.24, 2.45) is 0 Å². The van der Waals surface area contributed by atoms with Crippen molar-refractivity contribution >= 4 is 28.9 Å². The zero-order valence-electron chi connectivity index (χ0n) is 14.0. The van der Waals surface area contributed by atoms with Gasteiger partial charge in [-0.25, -0.2) is 4.79 Å². The maximum absolute atomic E-state index is 12.6. The van der Waals surface area contributed by atoms with Crippen molar-refractivity contribution in [2.45, 2.75) is 12.5 Å². The molecule has 0 bridgehead atoms. The number of amides is 1. The molecule has 0 aliphatic carbocycles. The number of hydrogen-bond donors (Lipinski definition) is 2. The van der Waals surface area contributed by atoms with E-state index in [0.717, 1.165) is 5.56 Å². The highest BCUT2D eigenvalue weighted by molar-refractivity contribution is 6.06. The van der Waals surface area contributed by atoms with Crippen molar-refractivity contribution < 1.29 is 14.7 Å². The number of rotatable bonds is 6. The summed E-state index contributed by atoms with van der Waals surface area (Å²) in [4.78, 5) is 28.3. The lowest BCUT2D eigenvalue weighted by atomic mass is 10.1. The summed E-state index contributed by atoms with van der Waals surface area (Å²) in [5.41, 5.74) is 2.08. The van der Waals surface area contributed by atoms with Crippen LogP contribution in [-0.4, -0.2) is 28.0 Å². The van der Waals surface area contributed by atoms with Crippen LogP contribution in [0.3, 0.4) is 0 Å². The number of benzene rings is 2. The summed E-state index contributed by atoms with van der Waals surface area (Å²) < 4.78 is 0. The van der Waals surface area contributed by atoms with Gasteiger partial charge in [0.25, 0.3) is 5.91 Å². The Morgan fingerprint density at radius 2 is 1.77 bits per heavy atom. The maximum atomic E-state index is 12.6. The van der Waals surface area contributed by atoms with Crippen molar-refractivity contribution in [1.29, 1.82) is 0 Å². The molecule has 0 aliphatic rings. The summed E-state index contributed by atoms with van der Waals surface area (Å²) in [6.45, 7) is 0. The van der Waals surface area contributed by atoms with Crippen LogP contribution in [0.1, 0.15) is 22.3 Å². The van der Waals surface area contributed by atoms with Gasteiger partial charge in [-0.2, -0.15) is 0 Å². The Morgan fingerprint density at radius 1 is 1.04 bits per heavy atom. The lowest BCUT2D eigenvalue weighted by molar-refractivity contribution is -0.139. The molecule has 3 aromatic rings. The van der Waals surface area contributed by atoms with Gasteiger partial charge < -0.3 is 10.4 Å². The smallest absolute Gasteiger partial charge is 0.326 e. The molecule has 0 saturated carbocycles. The molecule has 0 radical (unpaired) electrons. The molecule has 5 nitrogen and oxygen atoms in total. The second kappa shape index (κ2) is 8.07. The van der Waals surface area contributed by atoms with Crippen molar-refractivity contribution in [3.63, 3.8) is 0 Å². The minimum Gasteiger partial charge on any atom is -0.480 e. The first-order valence-corrected chi connectivity index (χ1v) is 8.24. The average molecular weight is 346 g/mol. The van der Waals surface area contributed by atoms with E-state index >= 15 is 0 Å². The van der Waals surface area contributed by atoms with Gasteiger partial charge in [-0.15, -0.1) is 0 Å². The molecule has 0 aliphatic heterocycles. The number of aliphatic carboxylic acids is 1. The lowest BCUT2D eigenvalue weighted by Gasteiger charge is -2.13. The number of fused-ring (bicyclic) bond motifs is 1. The second-order valence-electron chi connectivity index (χ2n) is 5.79. The standard InChI is InChI=1S/C21H18N2O3/c24-20(17-13-14-22-18-11-5-4-10-16(17)18)23-19(21(25)26)12-6-9-15-7-2-1-3-8-15/h1-11,13-14,19H,12H2,(H,23,24)(H,25,26)/b9-6+/t19-/m0/s1. The van der Waals surface area contributed by atoms with Gasteiger partial charge in [0.15, 0.2) is 0 Å². The molecule has 26 heavy (non-hydrogen) atoms. The first kappa shape index (κ1) is 17.4. The van der Waals surface area contributed by atoms with Crippen molar-refractivity contribution in [2.75, 3.05) is 0 Å².